The summed E-state index contributed by atoms with van der Waals surface area (Å²) in [4.78, 5) is 4.30. The zero-order chi connectivity index (χ0) is 14.0. The molecule has 0 aromatic heterocycles. The Morgan fingerprint density at radius 3 is 2.74 bits per heavy atom. The third-order valence-corrected chi connectivity index (χ3v) is 4.19. The van der Waals surface area contributed by atoms with E-state index in [1.54, 1.807) is 12.1 Å². The van der Waals surface area contributed by atoms with E-state index >= 15 is 0 Å². The zero-order valence-corrected chi connectivity index (χ0v) is 12.5. The van der Waals surface area contributed by atoms with Crippen LogP contribution in [0.1, 0.15) is 12.0 Å². The van der Waals surface area contributed by atoms with Crippen LogP contribution in [0.4, 0.5) is 10.1 Å². The Labute approximate surface area is 121 Å². The van der Waals surface area contributed by atoms with Gasteiger partial charge in [0.05, 0.1) is 10.2 Å². The first-order chi connectivity index (χ1) is 9.00. The molecule has 0 radical (unpaired) electrons. The van der Waals surface area contributed by atoms with E-state index in [9.17, 15) is 4.39 Å². The molecule has 104 valence electrons. The molecule has 0 bridgehead atoms. The Kier molecular flexibility index (Phi) is 4.42. The van der Waals surface area contributed by atoms with Crippen molar-refractivity contribution in [1.82, 2.24) is 4.90 Å². The van der Waals surface area contributed by atoms with Crippen molar-refractivity contribution in [2.45, 2.75) is 6.42 Å². The van der Waals surface area contributed by atoms with Crippen LogP contribution >= 0.6 is 15.9 Å². The predicted octanol–water partition coefficient (Wildman–Crippen LogP) is 2.01. The molecular weight excluding hydrogens is 311 g/mol. The normalized spacial score (nSPS) is 17.3. The van der Waals surface area contributed by atoms with Crippen LogP contribution in [0.3, 0.4) is 0 Å². The maximum atomic E-state index is 14.4. The molecule has 3 N–H and O–H groups in total. The number of nitrogens with one attached hydrogen (secondary N) is 1. The summed E-state index contributed by atoms with van der Waals surface area (Å²) in [6.45, 7) is 3.60. The summed E-state index contributed by atoms with van der Waals surface area (Å²) >= 11 is 3.20. The van der Waals surface area contributed by atoms with Crippen LogP contribution in [0.2, 0.25) is 0 Å². The van der Waals surface area contributed by atoms with Gasteiger partial charge in [-0.05, 0) is 48.1 Å². The zero-order valence-electron chi connectivity index (χ0n) is 10.9. The molecule has 1 aliphatic heterocycles. The summed E-state index contributed by atoms with van der Waals surface area (Å²) in [6, 6.07) is 3.40. The Morgan fingerprint density at radius 1 is 1.32 bits per heavy atom. The van der Waals surface area contributed by atoms with E-state index in [4.69, 9.17) is 11.1 Å². The summed E-state index contributed by atoms with van der Waals surface area (Å²) in [5, 5.41) is 7.41. The van der Waals surface area contributed by atoms with Crippen molar-refractivity contribution in [2.75, 3.05) is 38.1 Å². The smallest absolute Gasteiger partial charge is 0.161 e. The summed E-state index contributed by atoms with van der Waals surface area (Å²) in [5.41, 5.74) is 6.39. The van der Waals surface area contributed by atoms with Gasteiger partial charge < -0.3 is 15.5 Å². The molecule has 1 fully saturated rings. The Bertz CT molecular complexity index is 492. The molecule has 0 atom stereocenters. The molecule has 0 aliphatic carbocycles. The summed E-state index contributed by atoms with van der Waals surface area (Å²) in [7, 11) is 2.08. The maximum absolute atomic E-state index is 14.4. The predicted molar refractivity (Wildman–Crippen MR) is 79.4 cm³/mol. The number of nitrogens with two attached hydrogens (primary N) is 1. The van der Waals surface area contributed by atoms with E-state index in [0.29, 0.717) is 11.3 Å². The second-order valence-electron chi connectivity index (χ2n) is 4.82. The molecule has 19 heavy (non-hydrogen) atoms. The van der Waals surface area contributed by atoms with Gasteiger partial charge in [-0.1, -0.05) is 0 Å². The molecule has 1 aromatic carbocycles. The van der Waals surface area contributed by atoms with Crippen molar-refractivity contribution in [3.8, 4) is 0 Å². The third kappa shape index (κ3) is 3.06. The van der Waals surface area contributed by atoms with Gasteiger partial charge >= 0.3 is 0 Å². The van der Waals surface area contributed by atoms with Gasteiger partial charge in [-0.2, -0.15) is 0 Å². The Morgan fingerprint density at radius 2 is 2.05 bits per heavy atom. The maximum Gasteiger partial charge on any atom is 0.161 e. The second-order valence-corrected chi connectivity index (χ2v) is 5.61. The molecule has 1 heterocycles. The SMILES string of the molecule is CN1CCCN(c2ccc(C(=N)N)c(Br)c2F)CC1. The van der Waals surface area contributed by atoms with E-state index in [0.717, 1.165) is 32.6 Å². The van der Waals surface area contributed by atoms with Gasteiger partial charge in [0.15, 0.2) is 5.82 Å². The number of benzene rings is 1. The van der Waals surface area contributed by atoms with Gasteiger partial charge in [0.25, 0.3) is 0 Å². The number of nitrogens with zero attached hydrogens (tertiary/aromatic N) is 2. The first-order valence-corrected chi connectivity index (χ1v) is 7.06. The number of hydrogen-bond donors (Lipinski definition) is 2. The minimum atomic E-state index is -0.336. The van der Waals surface area contributed by atoms with Gasteiger partial charge in [0, 0.05) is 25.2 Å². The quantitative estimate of drug-likeness (QED) is 0.645. The van der Waals surface area contributed by atoms with E-state index in [1.807, 2.05) is 4.90 Å². The lowest BCUT2D eigenvalue weighted by atomic mass is 10.1. The number of likely N-dealkylation sites (N-methyl/N-ethyl adjacent to an activating group) is 1. The molecule has 0 amide bonds. The van der Waals surface area contributed by atoms with Gasteiger partial charge in [-0.3, -0.25) is 5.41 Å². The van der Waals surface area contributed by atoms with Gasteiger partial charge in [0.1, 0.15) is 5.84 Å². The van der Waals surface area contributed by atoms with Crippen molar-refractivity contribution < 1.29 is 4.39 Å². The molecular formula is C13H18BrFN4. The van der Waals surface area contributed by atoms with Crippen LogP contribution in [0.15, 0.2) is 16.6 Å². The average molecular weight is 329 g/mol. The van der Waals surface area contributed by atoms with Crippen molar-refractivity contribution >= 4 is 27.5 Å². The lowest BCUT2D eigenvalue weighted by molar-refractivity contribution is 0.360. The number of nitrogen functional groups attached to an aromatic ring is 1. The van der Waals surface area contributed by atoms with E-state index in [1.165, 1.54) is 0 Å². The highest BCUT2D eigenvalue weighted by Crippen LogP contribution is 2.29. The minimum absolute atomic E-state index is 0.132. The standard InChI is InChI=1S/C13H18BrFN4/c1-18-5-2-6-19(8-7-18)10-4-3-9(13(16)17)11(14)12(10)15/h3-4H,2,5-8H2,1H3,(H3,16,17). The fourth-order valence-electron chi connectivity index (χ4n) is 2.28. The van der Waals surface area contributed by atoms with E-state index in [-0.39, 0.29) is 16.1 Å². The summed E-state index contributed by atoms with van der Waals surface area (Å²) < 4.78 is 14.7. The molecule has 0 unspecified atom stereocenters. The van der Waals surface area contributed by atoms with E-state index < -0.39 is 0 Å². The van der Waals surface area contributed by atoms with Crippen molar-refractivity contribution in [2.24, 2.45) is 5.73 Å². The van der Waals surface area contributed by atoms with E-state index in [2.05, 4.69) is 27.9 Å². The highest BCUT2D eigenvalue weighted by Gasteiger charge is 2.19. The van der Waals surface area contributed by atoms with Crippen LogP contribution in [-0.4, -0.2) is 44.0 Å². The number of amidine groups is 1. The monoisotopic (exact) mass is 328 g/mol. The number of anilines is 1. The fraction of sp³-hybridized carbons (Fsp3) is 0.462. The van der Waals surface area contributed by atoms with Crippen LogP contribution in [0.25, 0.3) is 0 Å². The Hall–Kier alpha value is -1.14. The number of rotatable bonds is 2. The molecule has 0 spiro atoms. The first-order valence-electron chi connectivity index (χ1n) is 6.26. The molecule has 6 heteroatoms. The molecule has 1 aliphatic rings. The average Bonchev–Trinajstić information content (AvgIpc) is 2.57. The van der Waals surface area contributed by atoms with Crippen LogP contribution < -0.4 is 10.6 Å². The number of hydrogen-bond acceptors (Lipinski definition) is 3. The van der Waals surface area contributed by atoms with Crippen LogP contribution in [0.5, 0.6) is 0 Å². The van der Waals surface area contributed by atoms with Gasteiger partial charge in [-0.15, -0.1) is 0 Å². The summed E-state index contributed by atoms with van der Waals surface area (Å²) in [5.74, 6) is -0.467. The van der Waals surface area contributed by atoms with Crippen molar-refractivity contribution in [3.05, 3.63) is 28.0 Å². The largest absolute Gasteiger partial charge is 0.384 e. The Balaban J connectivity index is 2.30. The topological polar surface area (TPSA) is 56.4 Å². The molecule has 2 rings (SSSR count). The number of halogens is 2. The lowest BCUT2D eigenvalue weighted by Gasteiger charge is -2.24. The molecule has 4 nitrogen and oxygen atoms in total. The van der Waals surface area contributed by atoms with Crippen molar-refractivity contribution in [1.29, 1.82) is 5.41 Å². The minimum Gasteiger partial charge on any atom is -0.384 e. The molecule has 1 saturated heterocycles. The fourth-order valence-corrected chi connectivity index (χ4v) is 2.83. The summed E-state index contributed by atoms with van der Waals surface area (Å²) in [6.07, 6.45) is 1.02. The first kappa shape index (κ1) is 14.3. The molecule has 1 aromatic rings. The van der Waals surface area contributed by atoms with Crippen LogP contribution in [-0.2, 0) is 0 Å². The highest BCUT2D eigenvalue weighted by molar-refractivity contribution is 9.10. The molecule has 0 saturated carbocycles. The second kappa shape index (κ2) is 5.88. The lowest BCUT2D eigenvalue weighted by Crippen LogP contribution is -2.29. The van der Waals surface area contributed by atoms with Gasteiger partial charge in [0.2, 0.25) is 0 Å². The van der Waals surface area contributed by atoms with Crippen LogP contribution in [0, 0.1) is 11.2 Å². The highest BCUT2D eigenvalue weighted by atomic mass is 79.9. The van der Waals surface area contributed by atoms with Gasteiger partial charge in [-0.25, -0.2) is 4.39 Å². The third-order valence-electron chi connectivity index (χ3n) is 3.41. The van der Waals surface area contributed by atoms with Crippen molar-refractivity contribution in [3.63, 3.8) is 0 Å².